The second kappa shape index (κ2) is 8.35. The third-order valence-electron chi connectivity index (χ3n) is 4.64. The second-order valence-corrected chi connectivity index (χ2v) is 6.99. The lowest BCUT2D eigenvalue weighted by Crippen LogP contribution is -2.53. The highest BCUT2D eigenvalue weighted by Gasteiger charge is 2.44. The number of hydrogen-bond donors (Lipinski definition) is 0. The zero-order valence-electron chi connectivity index (χ0n) is 14.3. The summed E-state index contributed by atoms with van der Waals surface area (Å²) in [4.78, 5) is 0. The molecule has 0 aliphatic heterocycles. The third-order valence-corrected chi connectivity index (χ3v) is 4.93. The Bertz CT molecular complexity index is 555. The van der Waals surface area contributed by atoms with E-state index in [2.05, 4.69) is 0 Å². The van der Waals surface area contributed by atoms with E-state index in [9.17, 15) is 0 Å². The molecule has 2 aromatic carbocycles. The molecule has 0 bridgehead atoms. The highest BCUT2D eigenvalue weighted by atomic mass is 28.2. The molecule has 3 rings (SSSR count). The molecule has 1 aliphatic rings. The Kier molecular flexibility index (Phi) is 5.94. The number of ether oxygens (including phenoxy) is 2. The van der Waals surface area contributed by atoms with Crippen LogP contribution in [-0.4, -0.2) is 22.9 Å². The van der Waals surface area contributed by atoms with Gasteiger partial charge in [-0.15, -0.1) is 0 Å². The number of hydrogen-bond acceptors (Lipinski definition) is 3. The number of para-hydroxylation sites is 2. The molecular formula is C20H26O3Si. The summed E-state index contributed by atoms with van der Waals surface area (Å²) in [7, 11) is 0.664. The third kappa shape index (κ3) is 4.19. The van der Waals surface area contributed by atoms with Crippen LogP contribution in [0.15, 0.2) is 60.7 Å². The van der Waals surface area contributed by atoms with E-state index in [1.807, 2.05) is 60.7 Å². The van der Waals surface area contributed by atoms with E-state index in [0.717, 1.165) is 24.3 Å². The van der Waals surface area contributed by atoms with E-state index >= 15 is 0 Å². The van der Waals surface area contributed by atoms with Gasteiger partial charge in [0.1, 0.15) is 28.6 Å². The highest BCUT2D eigenvalue weighted by molar-refractivity contribution is 5.97. The lowest BCUT2D eigenvalue weighted by molar-refractivity contribution is -0.183. The van der Waals surface area contributed by atoms with Crippen LogP contribution in [0.3, 0.4) is 0 Å². The SMILES string of the molecule is [SiH3]OCC(Oc1ccccc1)(Oc1ccccc1)C1CCCCC1. The van der Waals surface area contributed by atoms with Crippen LogP contribution in [-0.2, 0) is 4.43 Å². The normalized spacial score (nSPS) is 16.0. The minimum absolute atomic E-state index is 0.334. The standard InChI is InChI=1S/C20H26O3Si/c24-21-16-20(17-10-4-1-5-11-17,22-18-12-6-2-7-13-18)23-19-14-8-3-9-15-19/h2-3,6-9,12-15,17H,1,4-5,10-11,16H2,24H3. The van der Waals surface area contributed by atoms with Crippen LogP contribution in [0, 0.1) is 5.92 Å². The molecule has 2 aromatic rings. The van der Waals surface area contributed by atoms with Crippen molar-refractivity contribution >= 4 is 10.5 Å². The molecule has 1 saturated carbocycles. The lowest BCUT2D eigenvalue weighted by atomic mass is 9.83. The van der Waals surface area contributed by atoms with E-state index < -0.39 is 5.79 Å². The van der Waals surface area contributed by atoms with E-state index in [0.29, 0.717) is 23.0 Å². The van der Waals surface area contributed by atoms with Crippen LogP contribution in [0.4, 0.5) is 0 Å². The van der Waals surface area contributed by atoms with Gasteiger partial charge in [0.2, 0.25) is 0 Å². The molecule has 0 spiro atoms. The van der Waals surface area contributed by atoms with Gasteiger partial charge in [0.25, 0.3) is 5.79 Å². The van der Waals surface area contributed by atoms with Crippen LogP contribution in [0.1, 0.15) is 32.1 Å². The second-order valence-electron chi connectivity index (χ2n) is 6.41. The Balaban J connectivity index is 1.92. The minimum atomic E-state index is -0.759. The molecule has 0 atom stereocenters. The van der Waals surface area contributed by atoms with Crippen LogP contribution in [0.25, 0.3) is 0 Å². The van der Waals surface area contributed by atoms with E-state index in [1.165, 1.54) is 19.3 Å². The number of rotatable bonds is 7. The fraction of sp³-hybridized carbons (Fsp3) is 0.400. The van der Waals surface area contributed by atoms with Gasteiger partial charge in [0, 0.05) is 5.92 Å². The van der Waals surface area contributed by atoms with Crippen molar-refractivity contribution < 1.29 is 13.9 Å². The van der Waals surface area contributed by atoms with Crippen molar-refractivity contribution in [2.75, 3.05) is 6.61 Å². The first-order valence-electron chi connectivity index (χ1n) is 8.79. The summed E-state index contributed by atoms with van der Waals surface area (Å²) in [6, 6.07) is 19.9. The van der Waals surface area contributed by atoms with Crippen LogP contribution >= 0.6 is 0 Å². The van der Waals surface area contributed by atoms with Gasteiger partial charge >= 0.3 is 0 Å². The predicted octanol–water partition coefficient (Wildman–Crippen LogP) is 3.72. The molecule has 0 aromatic heterocycles. The zero-order chi connectivity index (χ0) is 16.7. The van der Waals surface area contributed by atoms with Crippen LogP contribution in [0.5, 0.6) is 11.5 Å². The van der Waals surface area contributed by atoms with Crippen molar-refractivity contribution in [3.63, 3.8) is 0 Å². The van der Waals surface area contributed by atoms with Gasteiger partial charge in [-0.25, -0.2) is 0 Å². The fourth-order valence-electron chi connectivity index (χ4n) is 3.48. The summed E-state index contributed by atoms with van der Waals surface area (Å²) >= 11 is 0. The molecule has 0 saturated heterocycles. The zero-order valence-corrected chi connectivity index (χ0v) is 16.3. The van der Waals surface area contributed by atoms with E-state index in [-0.39, 0.29) is 0 Å². The molecule has 128 valence electrons. The molecule has 0 heterocycles. The Labute approximate surface area is 147 Å². The van der Waals surface area contributed by atoms with Crippen molar-refractivity contribution in [1.82, 2.24) is 0 Å². The van der Waals surface area contributed by atoms with E-state index in [1.54, 1.807) is 0 Å². The molecule has 0 radical (unpaired) electrons. The van der Waals surface area contributed by atoms with Gasteiger partial charge in [-0.05, 0) is 37.1 Å². The van der Waals surface area contributed by atoms with Crippen molar-refractivity contribution in [2.45, 2.75) is 37.9 Å². The monoisotopic (exact) mass is 342 g/mol. The van der Waals surface area contributed by atoms with Gasteiger partial charge in [-0.2, -0.15) is 0 Å². The molecule has 4 heteroatoms. The van der Waals surface area contributed by atoms with Gasteiger partial charge in [0.05, 0.1) is 0 Å². The maximum atomic E-state index is 6.46. The Morgan fingerprint density at radius 3 is 1.75 bits per heavy atom. The molecule has 0 unspecified atom stereocenters. The Morgan fingerprint density at radius 1 is 0.792 bits per heavy atom. The summed E-state index contributed by atoms with van der Waals surface area (Å²) in [6.07, 6.45) is 5.98. The van der Waals surface area contributed by atoms with Gasteiger partial charge in [-0.3, -0.25) is 0 Å². The summed E-state index contributed by atoms with van der Waals surface area (Å²) in [5.74, 6) is 1.24. The summed E-state index contributed by atoms with van der Waals surface area (Å²) in [5.41, 5.74) is 0. The van der Waals surface area contributed by atoms with E-state index in [4.69, 9.17) is 13.9 Å². The maximum absolute atomic E-state index is 6.46. The van der Waals surface area contributed by atoms with Crippen LogP contribution < -0.4 is 9.47 Å². The van der Waals surface area contributed by atoms with Crippen molar-refractivity contribution in [3.05, 3.63) is 60.7 Å². The topological polar surface area (TPSA) is 27.7 Å². The van der Waals surface area contributed by atoms with Gasteiger partial charge < -0.3 is 13.9 Å². The van der Waals surface area contributed by atoms with Gasteiger partial charge in [0.15, 0.2) is 0 Å². The van der Waals surface area contributed by atoms with Crippen molar-refractivity contribution in [1.29, 1.82) is 0 Å². The lowest BCUT2D eigenvalue weighted by Gasteiger charge is -2.42. The Hall–Kier alpha value is -1.78. The molecule has 3 nitrogen and oxygen atoms in total. The maximum Gasteiger partial charge on any atom is 0.275 e. The quantitative estimate of drug-likeness (QED) is 0.567. The average molecular weight is 343 g/mol. The van der Waals surface area contributed by atoms with Crippen molar-refractivity contribution in [2.24, 2.45) is 5.92 Å². The van der Waals surface area contributed by atoms with Gasteiger partial charge in [-0.1, -0.05) is 55.7 Å². The molecule has 1 fully saturated rings. The first-order valence-corrected chi connectivity index (χ1v) is 9.61. The largest absolute Gasteiger partial charge is 0.450 e. The molecule has 1 aliphatic carbocycles. The average Bonchev–Trinajstić information content (AvgIpc) is 2.64. The first kappa shape index (κ1) is 17.1. The molecule has 0 amide bonds. The Morgan fingerprint density at radius 2 is 1.29 bits per heavy atom. The molecule has 0 N–H and O–H groups in total. The predicted molar refractivity (Wildman–Crippen MR) is 99.3 cm³/mol. The first-order chi connectivity index (χ1) is 11.8. The molecular weight excluding hydrogens is 316 g/mol. The highest BCUT2D eigenvalue weighted by Crippen LogP contribution is 2.38. The number of benzene rings is 2. The summed E-state index contributed by atoms with van der Waals surface area (Å²) in [5, 5.41) is 0. The fourth-order valence-corrected chi connectivity index (χ4v) is 3.89. The minimum Gasteiger partial charge on any atom is -0.450 e. The van der Waals surface area contributed by atoms with Crippen LogP contribution in [0.2, 0.25) is 0 Å². The summed E-state index contributed by atoms with van der Waals surface area (Å²) in [6.45, 7) is 0.466. The molecule has 24 heavy (non-hydrogen) atoms. The summed E-state index contributed by atoms with van der Waals surface area (Å²) < 4.78 is 18.6. The smallest absolute Gasteiger partial charge is 0.275 e. The van der Waals surface area contributed by atoms with Crippen molar-refractivity contribution in [3.8, 4) is 11.5 Å².